The Labute approximate surface area is 97.5 Å². The molecule has 94 valence electrons. The van der Waals surface area contributed by atoms with Crippen LogP contribution in [0.2, 0.25) is 0 Å². The van der Waals surface area contributed by atoms with Crippen molar-refractivity contribution in [1.29, 1.82) is 0 Å². The van der Waals surface area contributed by atoms with Gasteiger partial charge in [-0.2, -0.15) is 0 Å². The number of quaternary nitrogens is 1. The summed E-state index contributed by atoms with van der Waals surface area (Å²) in [4.78, 5) is 13.6. The summed E-state index contributed by atoms with van der Waals surface area (Å²) in [6.45, 7) is 6.75. The van der Waals surface area contributed by atoms with Crippen LogP contribution in [0.25, 0.3) is 0 Å². The van der Waals surface area contributed by atoms with Gasteiger partial charge in [-0.1, -0.05) is 0 Å². The Kier molecular flexibility index (Phi) is 3.50. The summed E-state index contributed by atoms with van der Waals surface area (Å²) in [7, 11) is 5.98. The largest absolute Gasteiger partial charge is 0.444 e. The number of hydrogen-bond donors (Lipinski definition) is 0. The minimum absolute atomic E-state index is 0.255. The standard InChI is InChI=1S/C11H23N2O3/c1-11(2,3)16-10(14)12-7-8-15-9(12)13(4,5)6/h9H,7-8H2,1-6H3/q+1/t9-/m1/s1. The van der Waals surface area contributed by atoms with E-state index < -0.39 is 5.60 Å². The molecule has 1 atom stereocenters. The zero-order chi connectivity index (χ0) is 12.6. The SMILES string of the molecule is CC(C)(C)OC(=O)N1CCO[C@H]1[N+](C)(C)C. The zero-order valence-electron chi connectivity index (χ0n) is 11.1. The molecule has 0 aliphatic carbocycles. The quantitative estimate of drug-likeness (QED) is 0.637. The van der Waals surface area contributed by atoms with Crippen LogP contribution in [0, 0.1) is 0 Å². The third kappa shape index (κ3) is 3.35. The Morgan fingerprint density at radius 2 is 1.94 bits per heavy atom. The molecule has 5 heteroatoms. The Balaban J connectivity index is 2.69. The second-order valence-corrected chi connectivity index (χ2v) is 5.99. The van der Waals surface area contributed by atoms with E-state index in [2.05, 4.69) is 0 Å². The molecule has 0 aromatic rings. The monoisotopic (exact) mass is 231 g/mol. The molecule has 1 fully saturated rings. The van der Waals surface area contributed by atoms with Crippen LogP contribution < -0.4 is 0 Å². The van der Waals surface area contributed by atoms with E-state index in [0.717, 1.165) is 0 Å². The molecule has 0 aromatic heterocycles. The van der Waals surface area contributed by atoms with Gasteiger partial charge in [0.15, 0.2) is 0 Å². The molecule has 0 unspecified atom stereocenters. The molecule has 0 aromatic carbocycles. The van der Waals surface area contributed by atoms with Crippen molar-refractivity contribution in [2.45, 2.75) is 32.7 Å². The van der Waals surface area contributed by atoms with Gasteiger partial charge >= 0.3 is 6.09 Å². The lowest BCUT2D eigenvalue weighted by molar-refractivity contribution is -0.927. The molecule has 0 bridgehead atoms. The van der Waals surface area contributed by atoms with Gasteiger partial charge in [0.25, 0.3) is 6.35 Å². The first kappa shape index (κ1) is 13.3. The first-order valence-electron chi connectivity index (χ1n) is 5.53. The van der Waals surface area contributed by atoms with E-state index in [0.29, 0.717) is 17.6 Å². The number of hydrogen-bond acceptors (Lipinski definition) is 3. The van der Waals surface area contributed by atoms with Crippen LogP contribution in [0.15, 0.2) is 0 Å². The lowest BCUT2D eigenvalue weighted by Crippen LogP contribution is -2.55. The number of rotatable bonds is 1. The van der Waals surface area contributed by atoms with Gasteiger partial charge in [0.1, 0.15) is 5.60 Å². The summed E-state index contributed by atoms with van der Waals surface area (Å²) in [5, 5.41) is 0. The third-order valence-electron chi connectivity index (χ3n) is 2.16. The molecule has 1 heterocycles. The van der Waals surface area contributed by atoms with E-state index in [9.17, 15) is 4.79 Å². The van der Waals surface area contributed by atoms with Gasteiger partial charge in [0.2, 0.25) is 0 Å². The second kappa shape index (κ2) is 4.22. The van der Waals surface area contributed by atoms with Crippen molar-refractivity contribution < 1.29 is 18.8 Å². The van der Waals surface area contributed by atoms with Crippen molar-refractivity contribution in [3.05, 3.63) is 0 Å². The fraction of sp³-hybridized carbons (Fsp3) is 0.909. The van der Waals surface area contributed by atoms with Crippen molar-refractivity contribution in [2.24, 2.45) is 0 Å². The maximum absolute atomic E-state index is 11.9. The van der Waals surface area contributed by atoms with Crippen LogP contribution in [0.3, 0.4) is 0 Å². The van der Waals surface area contributed by atoms with Gasteiger partial charge < -0.3 is 9.47 Å². The number of carbonyl (C=O) groups is 1. The van der Waals surface area contributed by atoms with Crippen LogP contribution >= 0.6 is 0 Å². The summed E-state index contributed by atoms with van der Waals surface area (Å²) < 4.78 is 11.5. The molecule has 0 spiro atoms. The highest BCUT2D eigenvalue weighted by Crippen LogP contribution is 2.20. The molecular formula is C11H23N2O3+. The van der Waals surface area contributed by atoms with Gasteiger partial charge in [-0.05, 0) is 20.8 Å². The maximum Gasteiger partial charge on any atom is 0.416 e. The van der Waals surface area contributed by atoms with E-state index in [4.69, 9.17) is 9.47 Å². The minimum atomic E-state index is -0.463. The normalized spacial score (nSPS) is 22.4. The molecule has 0 N–H and O–H groups in total. The average molecular weight is 231 g/mol. The predicted octanol–water partition coefficient (Wildman–Crippen LogP) is 1.24. The van der Waals surface area contributed by atoms with Gasteiger partial charge in [-0.3, -0.25) is 4.48 Å². The second-order valence-electron chi connectivity index (χ2n) is 5.99. The maximum atomic E-state index is 11.9. The molecule has 0 radical (unpaired) electrons. The van der Waals surface area contributed by atoms with E-state index in [-0.39, 0.29) is 12.4 Å². The molecule has 16 heavy (non-hydrogen) atoms. The van der Waals surface area contributed by atoms with Crippen LogP contribution in [0.5, 0.6) is 0 Å². The van der Waals surface area contributed by atoms with E-state index in [1.54, 1.807) is 4.90 Å². The van der Waals surface area contributed by atoms with Crippen molar-refractivity contribution in [3.8, 4) is 0 Å². The van der Waals surface area contributed by atoms with Gasteiger partial charge in [-0.25, -0.2) is 9.69 Å². The van der Waals surface area contributed by atoms with Gasteiger partial charge in [0, 0.05) is 0 Å². The fourth-order valence-electron chi connectivity index (χ4n) is 1.60. The van der Waals surface area contributed by atoms with Crippen molar-refractivity contribution in [2.75, 3.05) is 34.3 Å². The number of ether oxygens (including phenoxy) is 2. The molecule has 1 rings (SSSR count). The Morgan fingerprint density at radius 3 is 2.38 bits per heavy atom. The van der Waals surface area contributed by atoms with Crippen LogP contribution in [0.4, 0.5) is 4.79 Å². The van der Waals surface area contributed by atoms with Crippen molar-refractivity contribution in [1.82, 2.24) is 4.90 Å². The predicted molar refractivity (Wildman–Crippen MR) is 60.7 cm³/mol. The fourth-order valence-corrected chi connectivity index (χ4v) is 1.60. The number of amides is 1. The first-order chi connectivity index (χ1) is 7.11. The van der Waals surface area contributed by atoms with Gasteiger partial charge in [-0.15, -0.1) is 0 Å². The average Bonchev–Trinajstić information content (AvgIpc) is 2.45. The molecular weight excluding hydrogens is 208 g/mol. The highest BCUT2D eigenvalue weighted by Gasteiger charge is 2.41. The lowest BCUT2D eigenvalue weighted by Gasteiger charge is -2.35. The highest BCUT2D eigenvalue weighted by molar-refractivity contribution is 5.68. The van der Waals surface area contributed by atoms with Crippen LogP contribution in [-0.2, 0) is 9.47 Å². The molecule has 0 saturated carbocycles. The van der Waals surface area contributed by atoms with Crippen molar-refractivity contribution in [3.63, 3.8) is 0 Å². The molecule has 1 aliphatic rings. The molecule has 1 amide bonds. The third-order valence-corrected chi connectivity index (χ3v) is 2.16. The van der Waals surface area contributed by atoms with Crippen LogP contribution in [0.1, 0.15) is 20.8 Å². The zero-order valence-corrected chi connectivity index (χ0v) is 11.1. The Morgan fingerprint density at radius 1 is 1.38 bits per heavy atom. The van der Waals surface area contributed by atoms with E-state index in [1.807, 2.05) is 41.9 Å². The summed E-state index contributed by atoms with van der Waals surface area (Å²) in [6.07, 6.45) is -0.558. The first-order valence-corrected chi connectivity index (χ1v) is 5.53. The van der Waals surface area contributed by atoms with Gasteiger partial charge in [0.05, 0.1) is 34.3 Å². The van der Waals surface area contributed by atoms with Crippen molar-refractivity contribution >= 4 is 6.09 Å². The smallest absolute Gasteiger partial charge is 0.416 e. The summed E-state index contributed by atoms with van der Waals surface area (Å²) >= 11 is 0. The summed E-state index contributed by atoms with van der Waals surface area (Å²) in [5.41, 5.74) is -0.463. The topological polar surface area (TPSA) is 38.8 Å². The lowest BCUT2D eigenvalue weighted by atomic mass is 10.2. The Bertz CT molecular complexity index is 265. The number of carbonyl (C=O) groups excluding carboxylic acids is 1. The molecule has 1 aliphatic heterocycles. The Hall–Kier alpha value is -0.810. The summed E-state index contributed by atoms with van der Waals surface area (Å²) in [5.74, 6) is 0. The number of nitrogens with zero attached hydrogens (tertiary/aromatic N) is 2. The highest BCUT2D eigenvalue weighted by atomic mass is 16.6. The minimum Gasteiger partial charge on any atom is -0.444 e. The van der Waals surface area contributed by atoms with Crippen LogP contribution in [-0.4, -0.2) is 61.7 Å². The van der Waals surface area contributed by atoms with E-state index >= 15 is 0 Å². The van der Waals surface area contributed by atoms with E-state index in [1.165, 1.54) is 0 Å². The summed E-state index contributed by atoms with van der Waals surface area (Å²) in [6, 6.07) is 0. The molecule has 5 nitrogen and oxygen atoms in total. The molecule has 1 saturated heterocycles.